The van der Waals surface area contributed by atoms with Crippen molar-refractivity contribution < 1.29 is 22.7 Å². The van der Waals surface area contributed by atoms with Crippen LogP contribution in [-0.2, 0) is 15.7 Å². The first-order valence-electron chi connectivity index (χ1n) is 6.45. The molecule has 0 bridgehead atoms. The summed E-state index contributed by atoms with van der Waals surface area (Å²) in [6.07, 6.45) is -2.52. The number of halogens is 3. The van der Waals surface area contributed by atoms with Gasteiger partial charge in [-0.3, -0.25) is 4.79 Å². The molecular weight excluding hydrogens is 281 g/mol. The summed E-state index contributed by atoms with van der Waals surface area (Å²) >= 11 is 0. The van der Waals surface area contributed by atoms with E-state index in [2.05, 4.69) is 13.2 Å². The lowest BCUT2D eigenvalue weighted by Crippen LogP contribution is -2.18. The summed E-state index contributed by atoms with van der Waals surface area (Å²) < 4.78 is 42.5. The molecule has 0 radical (unpaired) electrons. The molecule has 21 heavy (non-hydrogen) atoms. The highest BCUT2D eigenvalue weighted by atomic mass is 19.4. The van der Waals surface area contributed by atoms with E-state index in [-0.39, 0.29) is 6.61 Å². The summed E-state index contributed by atoms with van der Waals surface area (Å²) in [7, 11) is 0. The lowest BCUT2D eigenvalue weighted by Gasteiger charge is -2.17. The number of hydrogen-bond donors (Lipinski definition) is 0. The SMILES string of the molecule is C=CCC(C(=C)c1ccc(C(F)(F)F)cc1)C(=O)OCC. The molecule has 0 saturated heterocycles. The number of carbonyl (C=O) groups excluding carboxylic acids is 1. The maximum Gasteiger partial charge on any atom is 0.416 e. The minimum Gasteiger partial charge on any atom is -0.466 e. The third-order valence-corrected chi connectivity index (χ3v) is 2.98. The Bertz CT molecular complexity index is 515. The Morgan fingerprint density at radius 3 is 2.33 bits per heavy atom. The van der Waals surface area contributed by atoms with E-state index in [9.17, 15) is 18.0 Å². The number of benzene rings is 1. The van der Waals surface area contributed by atoms with Crippen molar-refractivity contribution in [1.29, 1.82) is 0 Å². The highest BCUT2D eigenvalue weighted by molar-refractivity contribution is 5.88. The fourth-order valence-corrected chi connectivity index (χ4v) is 1.86. The van der Waals surface area contributed by atoms with Crippen LogP contribution >= 0.6 is 0 Å². The molecular formula is C16H17F3O2. The van der Waals surface area contributed by atoms with Crippen LogP contribution in [0.1, 0.15) is 24.5 Å². The monoisotopic (exact) mass is 298 g/mol. The van der Waals surface area contributed by atoms with Crippen LogP contribution in [0.5, 0.6) is 0 Å². The Kier molecular flexibility index (Phi) is 5.76. The Balaban J connectivity index is 2.99. The zero-order valence-electron chi connectivity index (χ0n) is 11.7. The van der Waals surface area contributed by atoms with Crippen molar-refractivity contribution >= 4 is 11.5 Å². The van der Waals surface area contributed by atoms with E-state index in [1.165, 1.54) is 12.1 Å². The van der Waals surface area contributed by atoms with Gasteiger partial charge in [-0.15, -0.1) is 6.58 Å². The molecule has 0 saturated carbocycles. The Labute approximate surface area is 121 Å². The first-order chi connectivity index (χ1) is 9.81. The third kappa shape index (κ3) is 4.48. The van der Waals surface area contributed by atoms with Gasteiger partial charge < -0.3 is 4.74 Å². The number of allylic oxidation sites excluding steroid dienone is 1. The van der Waals surface area contributed by atoms with Gasteiger partial charge in [0, 0.05) is 0 Å². The minimum atomic E-state index is -4.39. The Hall–Kier alpha value is -2.04. The third-order valence-electron chi connectivity index (χ3n) is 2.98. The second-order valence-corrected chi connectivity index (χ2v) is 4.43. The molecule has 0 aliphatic carbocycles. The summed E-state index contributed by atoms with van der Waals surface area (Å²) in [6, 6.07) is 4.55. The van der Waals surface area contributed by atoms with E-state index in [1.807, 2.05) is 0 Å². The second-order valence-electron chi connectivity index (χ2n) is 4.43. The summed E-state index contributed by atoms with van der Waals surface area (Å²) in [4.78, 5) is 11.9. The van der Waals surface area contributed by atoms with Gasteiger partial charge in [0.2, 0.25) is 0 Å². The van der Waals surface area contributed by atoms with Crippen molar-refractivity contribution in [3.05, 3.63) is 54.6 Å². The highest BCUT2D eigenvalue weighted by Gasteiger charge is 2.30. The van der Waals surface area contributed by atoms with Crippen molar-refractivity contribution in [2.75, 3.05) is 6.61 Å². The molecule has 2 nitrogen and oxygen atoms in total. The molecule has 5 heteroatoms. The molecule has 1 atom stereocenters. The molecule has 0 N–H and O–H groups in total. The maximum absolute atomic E-state index is 12.5. The Morgan fingerprint density at radius 1 is 1.33 bits per heavy atom. The molecule has 0 amide bonds. The number of esters is 1. The van der Waals surface area contributed by atoms with E-state index in [4.69, 9.17) is 4.74 Å². The summed E-state index contributed by atoms with van der Waals surface area (Å²) in [5, 5.41) is 0. The molecule has 0 heterocycles. The van der Waals surface area contributed by atoms with Crippen LogP contribution in [0.3, 0.4) is 0 Å². The molecule has 0 fully saturated rings. The van der Waals surface area contributed by atoms with E-state index in [0.717, 1.165) is 12.1 Å². The predicted octanol–water partition coefficient (Wildman–Crippen LogP) is 4.47. The van der Waals surface area contributed by atoms with Gasteiger partial charge in [0.1, 0.15) is 0 Å². The molecule has 1 unspecified atom stereocenters. The van der Waals surface area contributed by atoms with Crippen molar-refractivity contribution in [2.24, 2.45) is 5.92 Å². The van der Waals surface area contributed by atoms with Crippen LogP contribution in [0.2, 0.25) is 0 Å². The van der Waals surface area contributed by atoms with Crippen LogP contribution in [0.15, 0.2) is 43.5 Å². The molecule has 0 spiro atoms. The van der Waals surface area contributed by atoms with Crippen LogP contribution in [0.25, 0.3) is 5.57 Å². The fraction of sp³-hybridized carbons (Fsp3) is 0.312. The van der Waals surface area contributed by atoms with Crippen molar-refractivity contribution in [1.82, 2.24) is 0 Å². The largest absolute Gasteiger partial charge is 0.466 e. The van der Waals surface area contributed by atoms with Gasteiger partial charge >= 0.3 is 12.1 Å². The molecule has 114 valence electrons. The zero-order valence-corrected chi connectivity index (χ0v) is 11.7. The Morgan fingerprint density at radius 2 is 1.90 bits per heavy atom. The molecule has 0 aliphatic rings. The summed E-state index contributed by atoms with van der Waals surface area (Å²) in [6.45, 7) is 9.29. The van der Waals surface area contributed by atoms with Crippen molar-refractivity contribution in [3.63, 3.8) is 0 Å². The minimum absolute atomic E-state index is 0.229. The summed E-state index contributed by atoms with van der Waals surface area (Å²) in [5.74, 6) is -1.10. The van der Waals surface area contributed by atoms with Gasteiger partial charge in [-0.2, -0.15) is 13.2 Å². The average molecular weight is 298 g/mol. The number of ether oxygens (including phenoxy) is 1. The molecule has 1 aromatic carbocycles. The van der Waals surface area contributed by atoms with Crippen molar-refractivity contribution in [2.45, 2.75) is 19.5 Å². The topological polar surface area (TPSA) is 26.3 Å². The lowest BCUT2D eigenvalue weighted by atomic mass is 9.90. The first-order valence-corrected chi connectivity index (χ1v) is 6.45. The van der Waals surface area contributed by atoms with Gasteiger partial charge in [-0.05, 0) is 36.6 Å². The van der Waals surface area contributed by atoms with Crippen molar-refractivity contribution in [3.8, 4) is 0 Å². The average Bonchev–Trinajstić information content (AvgIpc) is 2.43. The number of carbonyl (C=O) groups is 1. The van der Waals surface area contributed by atoms with Gasteiger partial charge in [-0.1, -0.05) is 24.8 Å². The highest BCUT2D eigenvalue weighted by Crippen LogP contribution is 2.32. The maximum atomic E-state index is 12.5. The number of hydrogen-bond acceptors (Lipinski definition) is 2. The van der Waals surface area contributed by atoms with Gasteiger partial charge in [-0.25, -0.2) is 0 Å². The van der Waals surface area contributed by atoms with Crippen LogP contribution in [0.4, 0.5) is 13.2 Å². The summed E-state index contributed by atoms with van der Waals surface area (Å²) in [5.41, 5.74) is 0.153. The number of rotatable bonds is 6. The normalized spacial score (nSPS) is 12.6. The van der Waals surface area contributed by atoms with E-state index < -0.39 is 23.6 Å². The smallest absolute Gasteiger partial charge is 0.416 e. The van der Waals surface area contributed by atoms with E-state index in [0.29, 0.717) is 17.6 Å². The van der Waals surface area contributed by atoms with E-state index >= 15 is 0 Å². The second kappa shape index (κ2) is 7.11. The fourth-order valence-electron chi connectivity index (χ4n) is 1.86. The predicted molar refractivity (Wildman–Crippen MR) is 75.4 cm³/mol. The van der Waals surface area contributed by atoms with Gasteiger partial charge in [0.25, 0.3) is 0 Å². The van der Waals surface area contributed by atoms with Crippen LogP contribution in [0, 0.1) is 5.92 Å². The van der Waals surface area contributed by atoms with Crippen LogP contribution in [-0.4, -0.2) is 12.6 Å². The molecule has 1 rings (SSSR count). The zero-order chi connectivity index (χ0) is 16.0. The first kappa shape index (κ1) is 17.0. The van der Waals surface area contributed by atoms with Gasteiger partial charge in [0.05, 0.1) is 18.1 Å². The molecule has 1 aromatic rings. The lowest BCUT2D eigenvalue weighted by molar-refractivity contribution is -0.145. The number of alkyl halides is 3. The standard InChI is InChI=1S/C16H17F3O2/c1-4-6-14(15(20)21-5-2)11(3)12-7-9-13(10-8-12)16(17,18)19/h4,7-10,14H,1,3,5-6H2,2H3. The quantitative estimate of drug-likeness (QED) is 0.572. The van der Waals surface area contributed by atoms with Gasteiger partial charge in [0.15, 0.2) is 0 Å². The molecule has 0 aromatic heterocycles. The molecule has 0 aliphatic heterocycles. The van der Waals surface area contributed by atoms with Crippen LogP contribution < -0.4 is 0 Å². The van der Waals surface area contributed by atoms with E-state index in [1.54, 1.807) is 13.0 Å².